The number of nitrogens with zero attached hydrogens (tertiary/aromatic N) is 3. The van der Waals surface area contributed by atoms with Crippen LogP contribution >= 0.6 is 0 Å². The van der Waals surface area contributed by atoms with Gasteiger partial charge in [0.15, 0.2) is 5.71 Å². The summed E-state index contributed by atoms with van der Waals surface area (Å²) >= 11 is 0. The Hall–Kier alpha value is -1.94. The van der Waals surface area contributed by atoms with Crippen LogP contribution in [0.4, 0.5) is 11.4 Å². The summed E-state index contributed by atoms with van der Waals surface area (Å²) in [5.41, 5.74) is 5.02. The zero-order chi connectivity index (χ0) is 23.9. The van der Waals surface area contributed by atoms with E-state index in [1.165, 1.54) is 33.2 Å². The number of fused-ring (bicyclic) bond motifs is 2. The second kappa shape index (κ2) is 8.77. The molecule has 1 aromatic carbocycles. The van der Waals surface area contributed by atoms with E-state index in [9.17, 15) is 0 Å². The quantitative estimate of drug-likeness (QED) is 0.288. The first-order chi connectivity index (χ1) is 15.0. The van der Waals surface area contributed by atoms with E-state index in [1.54, 1.807) is 0 Å². The summed E-state index contributed by atoms with van der Waals surface area (Å²) in [7, 11) is -2.28. The molecule has 0 radical (unpaired) electrons. The molecule has 3 rings (SSSR count). The van der Waals surface area contributed by atoms with Crippen LogP contribution < -0.4 is 10.1 Å². The molecule has 0 unspecified atom stereocenters. The second-order valence-corrected chi connectivity index (χ2v) is 16.7. The van der Waals surface area contributed by atoms with Crippen molar-refractivity contribution in [3.05, 3.63) is 41.6 Å². The highest BCUT2D eigenvalue weighted by Gasteiger charge is 2.60. The maximum Gasteiger partial charge on any atom is 0.199 e. The van der Waals surface area contributed by atoms with Crippen LogP contribution in [0, 0.1) is 0 Å². The van der Waals surface area contributed by atoms with Gasteiger partial charge in [0.2, 0.25) is 0 Å². The van der Waals surface area contributed by atoms with Gasteiger partial charge in [-0.15, -0.1) is 0 Å². The molecule has 0 amide bonds. The Morgan fingerprint density at radius 2 is 1.47 bits per heavy atom. The van der Waals surface area contributed by atoms with Gasteiger partial charge in [0.25, 0.3) is 0 Å². The van der Waals surface area contributed by atoms with Crippen molar-refractivity contribution in [3.8, 4) is 0 Å². The van der Waals surface area contributed by atoms with Crippen molar-refractivity contribution in [3.63, 3.8) is 0 Å². The van der Waals surface area contributed by atoms with Gasteiger partial charge in [0, 0.05) is 30.9 Å². The lowest BCUT2D eigenvalue weighted by Crippen LogP contribution is -2.66. The molecular formula is C28H44N3Si+. The highest BCUT2D eigenvalue weighted by Crippen LogP contribution is 2.57. The summed E-state index contributed by atoms with van der Waals surface area (Å²) in [6.07, 6.45) is 7.06. The van der Waals surface area contributed by atoms with Crippen LogP contribution in [0.1, 0.15) is 69.2 Å². The minimum Gasteiger partial charge on any atom is -0.372 e. The summed E-state index contributed by atoms with van der Waals surface area (Å²) in [4.78, 5) is 7.70. The molecule has 1 aliphatic carbocycles. The first-order valence-corrected chi connectivity index (χ1v) is 14.5. The molecule has 0 atom stereocenters. The fourth-order valence-corrected chi connectivity index (χ4v) is 14.0. The molecule has 1 heterocycles. The second-order valence-electron chi connectivity index (χ2n) is 11.1. The number of rotatable bonds is 5. The number of benzene rings is 1. The monoisotopic (exact) mass is 450 g/mol. The van der Waals surface area contributed by atoms with E-state index < -0.39 is 8.07 Å². The van der Waals surface area contributed by atoms with E-state index in [-0.39, 0.29) is 10.1 Å². The lowest BCUT2D eigenvalue weighted by Gasteiger charge is -2.55. The van der Waals surface area contributed by atoms with Crippen LogP contribution in [-0.4, -0.2) is 50.3 Å². The van der Waals surface area contributed by atoms with Crippen molar-refractivity contribution < 1.29 is 4.58 Å². The van der Waals surface area contributed by atoms with Gasteiger partial charge in [-0.2, -0.15) is 0 Å². The molecule has 2 aliphatic rings. The van der Waals surface area contributed by atoms with Crippen molar-refractivity contribution in [1.29, 1.82) is 0 Å². The average Bonchev–Trinajstić information content (AvgIpc) is 2.72. The van der Waals surface area contributed by atoms with Crippen molar-refractivity contribution in [2.45, 2.75) is 79.3 Å². The fourth-order valence-electron chi connectivity index (χ4n) is 6.43. The fraction of sp³-hybridized carbons (Fsp3) is 0.571. The molecule has 3 nitrogen and oxygen atoms in total. The van der Waals surface area contributed by atoms with Gasteiger partial charge in [-0.3, -0.25) is 0 Å². The van der Waals surface area contributed by atoms with Crippen molar-refractivity contribution >= 4 is 36.1 Å². The summed E-state index contributed by atoms with van der Waals surface area (Å²) in [6, 6.07) is 7.06. The predicted octanol–water partition coefficient (Wildman–Crippen LogP) is 6.40. The van der Waals surface area contributed by atoms with Crippen LogP contribution in [0.25, 0.3) is 0 Å². The molecule has 0 fully saturated rings. The molecule has 0 saturated carbocycles. The third kappa shape index (κ3) is 3.75. The van der Waals surface area contributed by atoms with Crippen LogP contribution in [0.2, 0.25) is 10.1 Å². The van der Waals surface area contributed by atoms with Gasteiger partial charge in [-0.05, 0) is 72.4 Å². The Balaban J connectivity index is 2.45. The molecule has 0 spiro atoms. The van der Waals surface area contributed by atoms with E-state index in [2.05, 4.69) is 115 Å². The van der Waals surface area contributed by atoms with E-state index in [1.807, 2.05) is 0 Å². The third-order valence-electron chi connectivity index (χ3n) is 7.52. The standard InChI is InChI=1S/C28H44N3Si/c1-11-30(12-2)21-15-17-23-25(19-21)32(27(5,6)7,28(8,9)10)26-20-22(31(13-3)14-4)16-18-24(26)29-23/h15-20H,11-14H2,1-10H3/q+1. The summed E-state index contributed by atoms with van der Waals surface area (Å²) in [6.45, 7) is 27.9. The Morgan fingerprint density at radius 3 is 1.97 bits per heavy atom. The molecule has 0 N–H and O–H groups in total. The Bertz CT molecular complexity index is 972. The molecular weight excluding hydrogens is 406 g/mol. The topological polar surface area (TPSA) is 18.6 Å². The highest BCUT2D eigenvalue weighted by atomic mass is 28.3. The van der Waals surface area contributed by atoms with Gasteiger partial charge in [-0.1, -0.05) is 41.5 Å². The summed E-state index contributed by atoms with van der Waals surface area (Å²) < 4.78 is 2.46. The minimum atomic E-state index is -2.28. The van der Waals surface area contributed by atoms with Crippen LogP contribution in [-0.2, 0) is 0 Å². The molecule has 1 aromatic rings. The maximum atomic E-state index is 5.23. The molecule has 1 aliphatic heterocycles. The van der Waals surface area contributed by atoms with Gasteiger partial charge >= 0.3 is 0 Å². The molecule has 0 bridgehead atoms. The van der Waals surface area contributed by atoms with Crippen LogP contribution in [0.5, 0.6) is 0 Å². The number of aliphatic imine (C=N–C) groups is 1. The van der Waals surface area contributed by atoms with Crippen molar-refractivity contribution in [2.75, 3.05) is 31.1 Å². The number of allylic oxidation sites excluding steroid dienone is 4. The lowest BCUT2D eigenvalue weighted by atomic mass is 10.1. The Morgan fingerprint density at radius 1 is 0.875 bits per heavy atom. The average molecular weight is 451 g/mol. The van der Waals surface area contributed by atoms with Gasteiger partial charge < -0.3 is 4.90 Å². The largest absolute Gasteiger partial charge is 0.372 e. The first kappa shape index (κ1) is 24.7. The van der Waals surface area contributed by atoms with Gasteiger partial charge in [-0.25, -0.2) is 9.57 Å². The molecule has 4 heteroatoms. The highest BCUT2D eigenvalue weighted by molar-refractivity contribution is 7.06. The van der Waals surface area contributed by atoms with Gasteiger partial charge in [0.1, 0.15) is 21.2 Å². The molecule has 0 saturated heterocycles. The lowest BCUT2D eigenvalue weighted by molar-refractivity contribution is -0.519. The predicted molar refractivity (Wildman–Crippen MR) is 145 cm³/mol. The zero-order valence-electron chi connectivity index (χ0n) is 22.1. The zero-order valence-corrected chi connectivity index (χ0v) is 23.1. The minimum absolute atomic E-state index is 0.133. The Labute approximate surface area is 197 Å². The number of anilines is 1. The maximum absolute atomic E-state index is 5.23. The number of hydrogen-bond donors (Lipinski definition) is 0. The van der Waals surface area contributed by atoms with Crippen molar-refractivity contribution in [1.82, 2.24) is 0 Å². The molecule has 0 aromatic heterocycles. The molecule has 32 heavy (non-hydrogen) atoms. The summed E-state index contributed by atoms with van der Waals surface area (Å²) in [5, 5.41) is 3.28. The smallest absolute Gasteiger partial charge is 0.199 e. The summed E-state index contributed by atoms with van der Waals surface area (Å²) in [5.74, 6) is 0. The third-order valence-corrected chi connectivity index (χ3v) is 14.4. The van der Waals surface area contributed by atoms with E-state index in [0.29, 0.717) is 0 Å². The van der Waals surface area contributed by atoms with Crippen LogP contribution in [0.3, 0.4) is 0 Å². The van der Waals surface area contributed by atoms with E-state index in [4.69, 9.17) is 4.99 Å². The van der Waals surface area contributed by atoms with E-state index >= 15 is 0 Å². The SMILES string of the molecule is CCN(CC)c1ccc2c(c1)[Si](C(C)(C)C)(C(C)(C)C)C1=CC(=[N+](CC)CC)C=CC1=N2. The van der Waals surface area contributed by atoms with E-state index in [0.717, 1.165) is 26.2 Å². The molecule has 174 valence electrons. The Kier molecular flexibility index (Phi) is 6.77. The first-order valence-electron chi connectivity index (χ1n) is 12.5. The van der Waals surface area contributed by atoms with Gasteiger partial charge in [0.05, 0.1) is 11.4 Å². The van der Waals surface area contributed by atoms with Crippen LogP contribution in [0.15, 0.2) is 46.6 Å². The van der Waals surface area contributed by atoms with Crippen molar-refractivity contribution in [2.24, 2.45) is 4.99 Å². The number of hydrogen-bond acceptors (Lipinski definition) is 2. The normalized spacial score (nSPS) is 17.4.